The SMILES string of the molecule is Cc1cnccc1-c1ccc(CN)c(F)c1. The van der Waals surface area contributed by atoms with Crippen LogP contribution in [0.2, 0.25) is 0 Å². The highest BCUT2D eigenvalue weighted by Gasteiger charge is 2.05. The second-order valence-corrected chi connectivity index (χ2v) is 3.70. The first-order valence-corrected chi connectivity index (χ1v) is 5.12. The summed E-state index contributed by atoms with van der Waals surface area (Å²) in [6, 6.07) is 7.01. The average molecular weight is 216 g/mol. The number of hydrogen-bond acceptors (Lipinski definition) is 2. The Balaban J connectivity index is 2.50. The van der Waals surface area contributed by atoms with E-state index >= 15 is 0 Å². The average Bonchev–Trinajstić information content (AvgIpc) is 2.29. The maximum absolute atomic E-state index is 13.6. The molecule has 0 amide bonds. The highest BCUT2D eigenvalue weighted by molar-refractivity contribution is 5.66. The van der Waals surface area contributed by atoms with Crippen LogP contribution in [0.15, 0.2) is 36.7 Å². The molecule has 0 aliphatic rings. The van der Waals surface area contributed by atoms with Crippen LogP contribution in [0, 0.1) is 12.7 Å². The van der Waals surface area contributed by atoms with Crippen LogP contribution in [-0.2, 0) is 6.54 Å². The maximum atomic E-state index is 13.6. The number of nitrogens with two attached hydrogens (primary N) is 1. The molecule has 2 rings (SSSR count). The van der Waals surface area contributed by atoms with E-state index in [0.29, 0.717) is 5.56 Å². The lowest BCUT2D eigenvalue weighted by atomic mass is 10.0. The predicted octanol–water partition coefficient (Wildman–Crippen LogP) is 2.65. The smallest absolute Gasteiger partial charge is 0.128 e. The lowest BCUT2D eigenvalue weighted by molar-refractivity contribution is 0.611. The summed E-state index contributed by atoms with van der Waals surface area (Å²) in [6.07, 6.45) is 3.47. The van der Waals surface area contributed by atoms with Gasteiger partial charge in [0.2, 0.25) is 0 Å². The van der Waals surface area contributed by atoms with Crippen molar-refractivity contribution in [3.63, 3.8) is 0 Å². The minimum atomic E-state index is -0.254. The van der Waals surface area contributed by atoms with Crippen molar-refractivity contribution in [2.75, 3.05) is 0 Å². The maximum Gasteiger partial charge on any atom is 0.128 e. The molecule has 0 saturated heterocycles. The third-order valence-electron chi connectivity index (χ3n) is 2.60. The Morgan fingerprint density at radius 3 is 2.75 bits per heavy atom. The third kappa shape index (κ3) is 1.95. The first-order valence-electron chi connectivity index (χ1n) is 5.12. The van der Waals surface area contributed by atoms with E-state index in [1.54, 1.807) is 18.5 Å². The molecule has 2 nitrogen and oxygen atoms in total. The fraction of sp³-hybridized carbons (Fsp3) is 0.154. The Hall–Kier alpha value is -1.74. The second-order valence-electron chi connectivity index (χ2n) is 3.70. The molecule has 0 unspecified atom stereocenters. The van der Waals surface area contributed by atoms with Gasteiger partial charge in [0.25, 0.3) is 0 Å². The molecule has 0 saturated carbocycles. The molecule has 0 spiro atoms. The first-order chi connectivity index (χ1) is 7.72. The topological polar surface area (TPSA) is 38.9 Å². The van der Waals surface area contributed by atoms with Gasteiger partial charge in [-0.1, -0.05) is 12.1 Å². The fourth-order valence-corrected chi connectivity index (χ4v) is 1.68. The fourth-order valence-electron chi connectivity index (χ4n) is 1.68. The van der Waals surface area contributed by atoms with Crippen molar-refractivity contribution in [1.82, 2.24) is 4.98 Å². The van der Waals surface area contributed by atoms with Crippen molar-refractivity contribution in [3.05, 3.63) is 53.6 Å². The quantitative estimate of drug-likeness (QED) is 0.838. The number of halogens is 1. The molecule has 1 aromatic heterocycles. The first kappa shape index (κ1) is 10.8. The van der Waals surface area contributed by atoms with Gasteiger partial charge in [0, 0.05) is 24.5 Å². The molecular weight excluding hydrogens is 203 g/mol. The molecule has 0 atom stereocenters. The van der Waals surface area contributed by atoms with E-state index in [1.807, 2.05) is 19.1 Å². The monoisotopic (exact) mass is 216 g/mol. The largest absolute Gasteiger partial charge is 0.326 e. The molecule has 0 aliphatic carbocycles. The highest BCUT2D eigenvalue weighted by atomic mass is 19.1. The summed E-state index contributed by atoms with van der Waals surface area (Å²) in [5.74, 6) is -0.254. The van der Waals surface area contributed by atoms with Gasteiger partial charge in [-0.25, -0.2) is 4.39 Å². The summed E-state index contributed by atoms with van der Waals surface area (Å²) in [7, 11) is 0. The highest BCUT2D eigenvalue weighted by Crippen LogP contribution is 2.24. The summed E-state index contributed by atoms with van der Waals surface area (Å²) >= 11 is 0. The summed E-state index contributed by atoms with van der Waals surface area (Å²) in [5.41, 5.74) is 8.84. The van der Waals surface area contributed by atoms with Crippen molar-refractivity contribution in [1.29, 1.82) is 0 Å². The van der Waals surface area contributed by atoms with Crippen LogP contribution >= 0.6 is 0 Å². The summed E-state index contributed by atoms with van der Waals surface area (Å²) < 4.78 is 13.6. The number of nitrogens with zero attached hydrogens (tertiary/aromatic N) is 1. The van der Waals surface area contributed by atoms with E-state index in [2.05, 4.69) is 4.98 Å². The second kappa shape index (κ2) is 4.41. The van der Waals surface area contributed by atoms with Crippen molar-refractivity contribution in [2.45, 2.75) is 13.5 Å². The van der Waals surface area contributed by atoms with E-state index in [0.717, 1.165) is 16.7 Å². The Morgan fingerprint density at radius 1 is 1.31 bits per heavy atom. The van der Waals surface area contributed by atoms with Gasteiger partial charge in [0.05, 0.1) is 0 Å². The molecule has 0 fully saturated rings. The minimum Gasteiger partial charge on any atom is -0.326 e. The van der Waals surface area contributed by atoms with Gasteiger partial charge in [0.15, 0.2) is 0 Å². The Morgan fingerprint density at radius 2 is 2.12 bits per heavy atom. The standard InChI is InChI=1S/C13H13FN2/c1-9-8-16-5-4-12(9)10-2-3-11(7-15)13(14)6-10/h2-6,8H,7,15H2,1H3. The van der Waals surface area contributed by atoms with Crippen molar-refractivity contribution in [2.24, 2.45) is 5.73 Å². The van der Waals surface area contributed by atoms with Crippen LogP contribution < -0.4 is 5.73 Å². The zero-order valence-electron chi connectivity index (χ0n) is 9.07. The predicted molar refractivity (Wildman–Crippen MR) is 62.3 cm³/mol. The third-order valence-corrected chi connectivity index (χ3v) is 2.60. The molecule has 16 heavy (non-hydrogen) atoms. The number of rotatable bonds is 2. The van der Waals surface area contributed by atoms with E-state index in [-0.39, 0.29) is 12.4 Å². The van der Waals surface area contributed by atoms with E-state index in [4.69, 9.17) is 5.73 Å². The molecule has 0 radical (unpaired) electrons. The molecule has 0 bridgehead atoms. The summed E-state index contributed by atoms with van der Waals surface area (Å²) in [6.45, 7) is 2.18. The van der Waals surface area contributed by atoms with Gasteiger partial charge in [-0.3, -0.25) is 4.98 Å². The number of hydrogen-bond donors (Lipinski definition) is 1. The normalized spacial score (nSPS) is 10.4. The molecule has 2 N–H and O–H groups in total. The molecule has 82 valence electrons. The zero-order chi connectivity index (χ0) is 11.5. The van der Waals surface area contributed by atoms with Gasteiger partial charge in [-0.05, 0) is 35.7 Å². The minimum absolute atomic E-state index is 0.224. The van der Waals surface area contributed by atoms with Crippen LogP contribution in [0.25, 0.3) is 11.1 Å². The molecule has 0 aliphatic heterocycles. The molecule has 3 heteroatoms. The van der Waals surface area contributed by atoms with Gasteiger partial charge in [0.1, 0.15) is 5.82 Å². The number of aromatic nitrogens is 1. The Labute approximate surface area is 93.9 Å². The van der Waals surface area contributed by atoms with Crippen LogP contribution in [0.3, 0.4) is 0 Å². The van der Waals surface area contributed by atoms with Crippen molar-refractivity contribution in [3.8, 4) is 11.1 Å². The summed E-state index contributed by atoms with van der Waals surface area (Å²) in [4.78, 5) is 4.01. The number of pyridine rings is 1. The van der Waals surface area contributed by atoms with Gasteiger partial charge < -0.3 is 5.73 Å². The van der Waals surface area contributed by atoms with Crippen LogP contribution in [0.1, 0.15) is 11.1 Å². The van der Waals surface area contributed by atoms with Gasteiger partial charge in [-0.15, -0.1) is 0 Å². The molecule has 1 heterocycles. The van der Waals surface area contributed by atoms with Crippen LogP contribution in [-0.4, -0.2) is 4.98 Å². The van der Waals surface area contributed by atoms with Gasteiger partial charge >= 0.3 is 0 Å². The Kier molecular flexibility index (Phi) is 2.97. The molecule has 1 aromatic carbocycles. The van der Waals surface area contributed by atoms with E-state index in [9.17, 15) is 4.39 Å². The van der Waals surface area contributed by atoms with Gasteiger partial charge in [-0.2, -0.15) is 0 Å². The molecular formula is C13H13FN2. The number of aryl methyl sites for hydroxylation is 1. The van der Waals surface area contributed by atoms with Crippen molar-refractivity contribution < 1.29 is 4.39 Å². The van der Waals surface area contributed by atoms with Crippen molar-refractivity contribution >= 4 is 0 Å². The van der Waals surface area contributed by atoms with E-state index in [1.165, 1.54) is 6.07 Å². The Bertz CT molecular complexity index is 509. The molecule has 2 aromatic rings. The lowest BCUT2D eigenvalue weighted by Gasteiger charge is -2.07. The number of benzene rings is 1. The van der Waals surface area contributed by atoms with Crippen LogP contribution in [0.4, 0.5) is 4.39 Å². The summed E-state index contributed by atoms with van der Waals surface area (Å²) in [5, 5.41) is 0. The van der Waals surface area contributed by atoms with Crippen LogP contribution in [0.5, 0.6) is 0 Å². The van der Waals surface area contributed by atoms with E-state index < -0.39 is 0 Å². The lowest BCUT2D eigenvalue weighted by Crippen LogP contribution is -1.99. The zero-order valence-corrected chi connectivity index (χ0v) is 9.07.